The Morgan fingerprint density at radius 2 is 2.12 bits per heavy atom. The predicted molar refractivity (Wildman–Crippen MR) is 87.2 cm³/mol. The molecule has 1 atom stereocenters. The molecule has 0 saturated carbocycles. The van der Waals surface area contributed by atoms with E-state index in [-0.39, 0.29) is 11.5 Å². The summed E-state index contributed by atoms with van der Waals surface area (Å²) in [6, 6.07) is 0.225. The SMILES string of the molecule is CC(C)n1cc([C@]2(O)CCN(Cc3noc(C(C)(C)C)n3)C2)nn1. The third-order valence-electron chi connectivity index (χ3n) is 4.32. The molecule has 1 fully saturated rings. The Hall–Kier alpha value is -1.80. The van der Waals surface area contributed by atoms with Crippen molar-refractivity contribution in [2.24, 2.45) is 0 Å². The summed E-state index contributed by atoms with van der Waals surface area (Å²) in [7, 11) is 0. The Balaban J connectivity index is 1.67. The van der Waals surface area contributed by atoms with Crippen molar-refractivity contribution in [3.8, 4) is 0 Å². The number of hydrogen-bond donors (Lipinski definition) is 1. The second kappa shape index (κ2) is 5.93. The predicted octanol–water partition coefficient (Wildman–Crippen LogP) is 1.63. The van der Waals surface area contributed by atoms with Gasteiger partial charge in [0.05, 0.1) is 12.7 Å². The lowest BCUT2D eigenvalue weighted by atomic mass is 9.97. The summed E-state index contributed by atoms with van der Waals surface area (Å²) in [5.41, 5.74) is -0.502. The molecule has 132 valence electrons. The van der Waals surface area contributed by atoms with Gasteiger partial charge >= 0.3 is 0 Å². The smallest absolute Gasteiger partial charge is 0.232 e. The summed E-state index contributed by atoms with van der Waals surface area (Å²) in [6.07, 6.45) is 2.45. The molecule has 3 rings (SSSR count). The van der Waals surface area contributed by atoms with Gasteiger partial charge in [-0.3, -0.25) is 4.90 Å². The fraction of sp³-hybridized carbons (Fsp3) is 0.750. The first kappa shape index (κ1) is 17.0. The van der Waals surface area contributed by atoms with Crippen molar-refractivity contribution in [3.63, 3.8) is 0 Å². The number of nitrogens with zero attached hydrogens (tertiary/aromatic N) is 6. The highest BCUT2D eigenvalue weighted by molar-refractivity contribution is 5.11. The van der Waals surface area contributed by atoms with Crippen LogP contribution in [0.15, 0.2) is 10.7 Å². The van der Waals surface area contributed by atoms with Crippen molar-refractivity contribution in [2.75, 3.05) is 13.1 Å². The van der Waals surface area contributed by atoms with Crippen LogP contribution in [0, 0.1) is 0 Å². The van der Waals surface area contributed by atoms with Gasteiger partial charge in [0.15, 0.2) is 5.82 Å². The van der Waals surface area contributed by atoms with Crippen molar-refractivity contribution in [1.29, 1.82) is 0 Å². The Kier molecular flexibility index (Phi) is 4.21. The molecule has 0 radical (unpaired) electrons. The zero-order valence-electron chi connectivity index (χ0n) is 15.0. The second-order valence-corrected chi connectivity index (χ2v) is 7.94. The van der Waals surface area contributed by atoms with Crippen LogP contribution in [-0.4, -0.2) is 48.2 Å². The first-order chi connectivity index (χ1) is 11.2. The van der Waals surface area contributed by atoms with Gasteiger partial charge in [0, 0.05) is 24.5 Å². The standard InChI is InChI=1S/C16H26N6O2/c1-11(2)22-8-12(18-20-22)16(23)6-7-21(10-16)9-13-17-14(24-19-13)15(3,4)5/h8,11,23H,6-7,9-10H2,1-5H3/t16-/m0/s1. The fourth-order valence-corrected chi connectivity index (χ4v) is 2.78. The summed E-state index contributed by atoms with van der Waals surface area (Å²) in [4.78, 5) is 6.58. The molecule has 8 heteroatoms. The van der Waals surface area contributed by atoms with E-state index < -0.39 is 5.60 Å². The number of aliphatic hydroxyl groups is 1. The Morgan fingerprint density at radius 1 is 1.38 bits per heavy atom. The van der Waals surface area contributed by atoms with Gasteiger partial charge < -0.3 is 9.63 Å². The third kappa shape index (κ3) is 3.34. The first-order valence-electron chi connectivity index (χ1n) is 8.37. The Labute approximate surface area is 141 Å². The van der Waals surface area contributed by atoms with Crippen molar-refractivity contribution in [2.45, 2.75) is 64.6 Å². The number of β-amino-alcohol motifs (C(OH)–C–C–N with tert-alkyl or cyclic N) is 1. The quantitative estimate of drug-likeness (QED) is 0.908. The Morgan fingerprint density at radius 3 is 2.71 bits per heavy atom. The fourth-order valence-electron chi connectivity index (χ4n) is 2.78. The van der Waals surface area contributed by atoms with Gasteiger partial charge in [-0.2, -0.15) is 4.98 Å². The molecule has 0 spiro atoms. The maximum atomic E-state index is 10.9. The lowest BCUT2D eigenvalue weighted by Gasteiger charge is -2.20. The summed E-state index contributed by atoms with van der Waals surface area (Å²) < 4.78 is 7.10. The zero-order chi connectivity index (χ0) is 17.5. The lowest BCUT2D eigenvalue weighted by Crippen LogP contribution is -2.31. The van der Waals surface area contributed by atoms with E-state index in [2.05, 4.69) is 25.4 Å². The van der Waals surface area contributed by atoms with Crippen LogP contribution in [-0.2, 0) is 17.6 Å². The Bertz CT molecular complexity index is 701. The van der Waals surface area contributed by atoms with E-state index in [0.717, 1.165) is 6.54 Å². The molecule has 0 aliphatic carbocycles. The van der Waals surface area contributed by atoms with E-state index in [1.54, 1.807) is 4.68 Å². The largest absolute Gasteiger partial charge is 0.382 e. The maximum Gasteiger partial charge on any atom is 0.232 e. The highest BCUT2D eigenvalue weighted by Crippen LogP contribution is 2.31. The zero-order valence-corrected chi connectivity index (χ0v) is 15.0. The molecule has 1 aliphatic rings. The summed E-state index contributed by atoms with van der Waals surface area (Å²) in [6.45, 7) is 12.0. The molecule has 0 bridgehead atoms. The molecular weight excluding hydrogens is 308 g/mol. The van der Waals surface area contributed by atoms with E-state index in [1.807, 2.05) is 40.8 Å². The molecule has 0 amide bonds. The topological polar surface area (TPSA) is 93.1 Å². The highest BCUT2D eigenvalue weighted by atomic mass is 16.5. The second-order valence-electron chi connectivity index (χ2n) is 7.94. The van der Waals surface area contributed by atoms with Crippen LogP contribution in [0.3, 0.4) is 0 Å². The normalized spacial score (nSPS) is 22.6. The van der Waals surface area contributed by atoms with Gasteiger partial charge in [0.1, 0.15) is 11.3 Å². The highest BCUT2D eigenvalue weighted by Gasteiger charge is 2.40. The number of hydrogen-bond acceptors (Lipinski definition) is 7. The van der Waals surface area contributed by atoms with Gasteiger partial charge in [-0.25, -0.2) is 4.68 Å². The van der Waals surface area contributed by atoms with Crippen LogP contribution < -0.4 is 0 Å². The van der Waals surface area contributed by atoms with E-state index in [0.29, 0.717) is 36.9 Å². The minimum absolute atomic E-state index is 0.160. The summed E-state index contributed by atoms with van der Waals surface area (Å²) >= 11 is 0. The molecule has 0 aromatic carbocycles. The van der Waals surface area contributed by atoms with E-state index >= 15 is 0 Å². The first-order valence-corrected chi connectivity index (χ1v) is 8.37. The summed E-state index contributed by atoms with van der Waals surface area (Å²) in [5, 5.41) is 23.2. The van der Waals surface area contributed by atoms with Crippen LogP contribution in [0.5, 0.6) is 0 Å². The van der Waals surface area contributed by atoms with Crippen LogP contribution in [0.4, 0.5) is 0 Å². The van der Waals surface area contributed by atoms with E-state index in [1.165, 1.54) is 0 Å². The van der Waals surface area contributed by atoms with E-state index in [4.69, 9.17) is 4.52 Å². The van der Waals surface area contributed by atoms with Crippen molar-refractivity contribution >= 4 is 0 Å². The van der Waals surface area contributed by atoms with E-state index in [9.17, 15) is 5.11 Å². The molecule has 1 N–H and O–H groups in total. The number of likely N-dealkylation sites (tertiary alicyclic amines) is 1. The van der Waals surface area contributed by atoms with Crippen LogP contribution in [0.25, 0.3) is 0 Å². The molecule has 0 unspecified atom stereocenters. The molecule has 1 saturated heterocycles. The molecular formula is C16H26N6O2. The molecule has 3 heterocycles. The van der Waals surface area contributed by atoms with Gasteiger partial charge in [-0.05, 0) is 20.3 Å². The van der Waals surface area contributed by atoms with Crippen molar-refractivity contribution < 1.29 is 9.63 Å². The number of aromatic nitrogens is 5. The monoisotopic (exact) mass is 334 g/mol. The van der Waals surface area contributed by atoms with Gasteiger partial charge in [-0.1, -0.05) is 31.1 Å². The molecule has 1 aliphatic heterocycles. The van der Waals surface area contributed by atoms with Gasteiger partial charge in [-0.15, -0.1) is 5.10 Å². The molecule has 2 aromatic heterocycles. The van der Waals surface area contributed by atoms with Crippen molar-refractivity contribution in [1.82, 2.24) is 30.0 Å². The number of rotatable bonds is 4. The molecule has 8 nitrogen and oxygen atoms in total. The third-order valence-corrected chi connectivity index (χ3v) is 4.32. The van der Waals surface area contributed by atoms with Crippen molar-refractivity contribution in [3.05, 3.63) is 23.6 Å². The minimum Gasteiger partial charge on any atom is -0.382 e. The van der Waals surface area contributed by atoms with Crippen LogP contribution in [0.2, 0.25) is 0 Å². The molecule has 24 heavy (non-hydrogen) atoms. The maximum absolute atomic E-state index is 10.9. The van der Waals surface area contributed by atoms with Gasteiger partial charge in [0.2, 0.25) is 5.89 Å². The molecule has 2 aromatic rings. The minimum atomic E-state index is -0.969. The lowest BCUT2D eigenvalue weighted by molar-refractivity contribution is 0.0405. The average Bonchev–Trinajstić information content (AvgIpc) is 3.18. The summed E-state index contributed by atoms with van der Waals surface area (Å²) in [5.74, 6) is 1.28. The van der Waals surface area contributed by atoms with Crippen LogP contribution >= 0.6 is 0 Å². The van der Waals surface area contributed by atoms with Gasteiger partial charge in [0.25, 0.3) is 0 Å². The average molecular weight is 334 g/mol. The van der Waals surface area contributed by atoms with Crippen LogP contribution in [0.1, 0.15) is 64.5 Å².